The van der Waals surface area contributed by atoms with Crippen molar-refractivity contribution >= 4 is 28.4 Å². The van der Waals surface area contributed by atoms with Gasteiger partial charge in [0.25, 0.3) is 0 Å². The second-order valence-electron chi connectivity index (χ2n) is 5.29. The van der Waals surface area contributed by atoms with Gasteiger partial charge in [-0.05, 0) is 30.3 Å². The minimum Gasteiger partial charge on any atom is -0.496 e. The lowest BCUT2D eigenvalue weighted by molar-refractivity contribution is 0.0972. The minimum atomic E-state index is -1.03. The molecule has 0 aliphatic rings. The zero-order chi connectivity index (χ0) is 17.3. The van der Waals surface area contributed by atoms with Crippen LogP contribution in [0.25, 0.3) is 11.0 Å². The van der Waals surface area contributed by atoms with Crippen LogP contribution in [0, 0.1) is 11.3 Å². The Hall–Kier alpha value is -2.84. The molecule has 6 heteroatoms. The largest absolute Gasteiger partial charge is 0.496 e. The summed E-state index contributed by atoms with van der Waals surface area (Å²) in [5.74, 6) is -0.658. The van der Waals surface area contributed by atoms with Crippen LogP contribution in [0.1, 0.15) is 22.1 Å². The van der Waals surface area contributed by atoms with Crippen LogP contribution in [0.5, 0.6) is 5.75 Å². The first-order valence-electron chi connectivity index (χ1n) is 7.25. The highest BCUT2D eigenvalue weighted by Gasteiger charge is 2.29. The van der Waals surface area contributed by atoms with Crippen LogP contribution in [-0.4, -0.2) is 22.4 Å². The standard InChI is InChI=1S/C18H14ClN3O2/c1-22-15-6-4-3-5-14(15)21-18(22)13(10-20)17(23)12-8-7-11(19)9-16(12)24-2/h3-9,13H,1-2H3/t13-/m1/s1. The number of halogens is 1. The average molecular weight is 340 g/mol. The van der Waals surface area contributed by atoms with Crippen LogP contribution >= 0.6 is 11.6 Å². The topological polar surface area (TPSA) is 67.9 Å². The number of aryl methyl sites for hydroxylation is 1. The molecular weight excluding hydrogens is 326 g/mol. The van der Waals surface area contributed by atoms with Gasteiger partial charge in [-0.1, -0.05) is 23.7 Å². The van der Waals surface area contributed by atoms with Crippen molar-refractivity contribution in [3.8, 4) is 11.8 Å². The van der Waals surface area contributed by atoms with Crippen LogP contribution in [0.15, 0.2) is 42.5 Å². The highest BCUT2D eigenvalue weighted by atomic mass is 35.5. The van der Waals surface area contributed by atoms with E-state index in [1.165, 1.54) is 7.11 Å². The third-order valence-electron chi connectivity index (χ3n) is 3.90. The van der Waals surface area contributed by atoms with Gasteiger partial charge in [-0.25, -0.2) is 4.98 Å². The van der Waals surface area contributed by atoms with Gasteiger partial charge in [0.15, 0.2) is 11.7 Å². The molecule has 0 spiro atoms. The third-order valence-corrected chi connectivity index (χ3v) is 4.14. The maximum Gasteiger partial charge on any atom is 0.191 e. The monoisotopic (exact) mass is 339 g/mol. The van der Waals surface area contributed by atoms with Crippen molar-refractivity contribution in [2.45, 2.75) is 5.92 Å². The lowest BCUT2D eigenvalue weighted by Crippen LogP contribution is -2.16. The molecule has 0 bridgehead atoms. The summed E-state index contributed by atoms with van der Waals surface area (Å²) in [6.07, 6.45) is 0. The molecule has 2 aromatic carbocycles. The number of imidazole rings is 1. The SMILES string of the molecule is COc1cc(Cl)ccc1C(=O)[C@@H](C#N)c1nc2ccccc2n1C. The van der Waals surface area contributed by atoms with Crippen molar-refractivity contribution in [3.63, 3.8) is 0 Å². The third kappa shape index (κ3) is 2.61. The van der Waals surface area contributed by atoms with Crippen LogP contribution < -0.4 is 4.74 Å². The molecule has 0 N–H and O–H groups in total. The molecule has 0 radical (unpaired) electrons. The van der Waals surface area contributed by atoms with E-state index in [9.17, 15) is 10.1 Å². The van der Waals surface area contributed by atoms with Crippen LogP contribution in [-0.2, 0) is 7.05 Å². The van der Waals surface area contributed by atoms with Crippen molar-refractivity contribution in [1.29, 1.82) is 5.26 Å². The predicted molar refractivity (Wildman–Crippen MR) is 91.4 cm³/mol. The number of benzene rings is 2. The number of nitriles is 1. The Labute approximate surface area is 144 Å². The van der Waals surface area contributed by atoms with Crippen LogP contribution in [0.4, 0.5) is 0 Å². The van der Waals surface area contributed by atoms with Crippen molar-refractivity contribution in [1.82, 2.24) is 9.55 Å². The second kappa shape index (κ2) is 6.34. The van der Waals surface area contributed by atoms with E-state index in [4.69, 9.17) is 16.3 Å². The molecule has 1 aromatic heterocycles. The lowest BCUT2D eigenvalue weighted by Gasteiger charge is -2.12. The van der Waals surface area contributed by atoms with E-state index >= 15 is 0 Å². The zero-order valence-electron chi connectivity index (χ0n) is 13.2. The summed E-state index contributed by atoms with van der Waals surface area (Å²) in [6, 6.07) is 14.3. The number of hydrogen-bond acceptors (Lipinski definition) is 4. The molecule has 0 saturated heterocycles. The number of carbonyl (C=O) groups excluding carboxylic acids is 1. The van der Waals surface area contributed by atoms with Gasteiger partial charge in [0.2, 0.25) is 0 Å². The summed E-state index contributed by atoms with van der Waals surface area (Å²) in [4.78, 5) is 17.4. The van der Waals surface area contributed by atoms with Gasteiger partial charge in [-0.2, -0.15) is 5.26 Å². The highest BCUT2D eigenvalue weighted by molar-refractivity contribution is 6.31. The Morgan fingerprint density at radius 1 is 1.33 bits per heavy atom. The number of ether oxygens (including phenoxy) is 1. The summed E-state index contributed by atoms with van der Waals surface area (Å²) in [5.41, 5.74) is 1.91. The fourth-order valence-corrected chi connectivity index (χ4v) is 2.84. The smallest absolute Gasteiger partial charge is 0.191 e. The lowest BCUT2D eigenvalue weighted by atomic mass is 9.97. The van der Waals surface area contributed by atoms with E-state index in [2.05, 4.69) is 11.1 Å². The molecule has 3 aromatic rings. The number of ketones is 1. The number of Topliss-reactive ketones (excluding diaryl/α,β-unsaturated/α-hetero) is 1. The quantitative estimate of drug-likeness (QED) is 0.679. The van der Waals surface area contributed by atoms with E-state index in [-0.39, 0.29) is 5.78 Å². The maximum absolute atomic E-state index is 12.9. The summed E-state index contributed by atoms with van der Waals surface area (Å²) in [7, 11) is 3.25. The number of nitrogens with zero attached hydrogens (tertiary/aromatic N) is 3. The van der Waals surface area contributed by atoms with Crippen molar-refractivity contribution in [3.05, 3.63) is 58.9 Å². The number of hydrogen-bond donors (Lipinski definition) is 0. The van der Waals surface area contributed by atoms with Crippen molar-refractivity contribution in [2.75, 3.05) is 7.11 Å². The molecule has 0 unspecified atom stereocenters. The van der Waals surface area contributed by atoms with Gasteiger partial charge in [0, 0.05) is 12.1 Å². The molecule has 0 saturated carbocycles. The first-order chi connectivity index (χ1) is 11.6. The maximum atomic E-state index is 12.9. The Bertz CT molecular complexity index is 972. The molecular formula is C18H14ClN3O2. The van der Waals surface area contributed by atoms with Gasteiger partial charge < -0.3 is 9.30 Å². The molecule has 24 heavy (non-hydrogen) atoms. The molecule has 0 aliphatic carbocycles. The molecule has 120 valence electrons. The van der Waals surface area contributed by atoms with Crippen LogP contribution in [0.2, 0.25) is 5.02 Å². The summed E-state index contributed by atoms with van der Waals surface area (Å²) in [6.45, 7) is 0. The number of fused-ring (bicyclic) bond motifs is 1. The molecule has 0 fully saturated rings. The van der Waals surface area contributed by atoms with Crippen molar-refractivity contribution in [2.24, 2.45) is 7.05 Å². The zero-order valence-corrected chi connectivity index (χ0v) is 13.9. The molecule has 5 nitrogen and oxygen atoms in total. The van der Waals surface area contributed by atoms with Gasteiger partial charge in [-0.15, -0.1) is 0 Å². The number of rotatable bonds is 4. The molecule has 0 aliphatic heterocycles. The number of methoxy groups -OCH3 is 1. The first kappa shape index (κ1) is 16.0. The van der Waals surface area contributed by atoms with Crippen LogP contribution in [0.3, 0.4) is 0 Å². The minimum absolute atomic E-state index is 0.306. The first-order valence-corrected chi connectivity index (χ1v) is 7.63. The number of para-hydroxylation sites is 2. The van der Waals surface area contributed by atoms with E-state index in [1.54, 1.807) is 29.8 Å². The number of aromatic nitrogens is 2. The predicted octanol–water partition coefficient (Wildman–Crippen LogP) is 3.73. The number of carbonyl (C=O) groups is 1. The molecule has 1 heterocycles. The summed E-state index contributed by atoms with van der Waals surface area (Å²) in [5, 5.41) is 10.0. The summed E-state index contributed by atoms with van der Waals surface area (Å²) >= 11 is 5.94. The van der Waals surface area contributed by atoms with E-state index in [0.717, 1.165) is 11.0 Å². The normalized spacial score (nSPS) is 11.9. The van der Waals surface area contributed by atoms with E-state index < -0.39 is 5.92 Å². The van der Waals surface area contributed by atoms with E-state index in [1.807, 2.05) is 24.3 Å². The Morgan fingerprint density at radius 3 is 2.75 bits per heavy atom. The fourth-order valence-electron chi connectivity index (χ4n) is 2.68. The Balaban J connectivity index is 2.10. The summed E-state index contributed by atoms with van der Waals surface area (Å²) < 4.78 is 6.99. The molecule has 0 amide bonds. The fraction of sp³-hybridized carbons (Fsp3) is 0.167. The Morgan fingerprint density at radius 2 is 2.08 bits per heavy atom. The van der Waals surface area contributed by atoms with Gasteiger partial charge in [0.1, 0.15) is 11.6 Å². The van der Waals surface area contributed by atoms with E-state index in [0.29, 0.717) is 22.2 Å². The Kier molecular flexibility index (Phi) is 4.24. The second-order valence-corrected chi connectivity index (χ2v) is 5.73. The highest BCUT2D eigenvalue weighted by Crippen LogP contribution is 2.29. The van der Waals surface area contributed by atoms with Crippen molar-refractivity contribution < 1.29 is 9.53 Å². The average Bonchev–Trinajstić information content (AvgIpc) is 2.92. The van der Waals surface area contributed by atoms with Gasteiger partial charge in [-0.3, -0.25) is 4.79 Å². The van der Waals surface area contributed by atoms with Gasteiger partial charge in [0.05, 0.1) is 29.8 Å². The molecule has 1 atom stereocenters. The molecule has 3 rings (SSSR count). The van der Waals surface area contributed by atoms with Gasteiger partial charge >= 0.3 is 0 Å².